The molecule has 1 aromatic rings. The van der Waals surface area contributed by atoms with Crippen LogP contribution >= 0.6 is 0 Å². The van der Waals surface area contributed by atoms with Gasteiger partial charge in [-0.3, -0.25) is 4.79 Å². The molecule has 1 heterocycles. The molecule has 92 valence electrons. The van der Waals surface area contributed by atoms with Crippen LogP contribution in [0.25, 0.3) is 0 Å². The zero-order valence-corrected chi connectivity index (χ0v) is 9.08. The Bertz CT molecular complexity index is 439. The van der Waals surface area contributed by atoms with Crippen molar-refractivity contribution < 1.29 is 20.1 Å². The second-order valence-electron chi connectivity index (χ2n) is 4.12. The third-order valence-electron chi connectivity index (χ3n) is 2.81. The number of phenols is 1. The van der Waals surface area contributed by atoms with Gasteiger partial charge in [0.1, 0.15) is 5.75 Å². The highest BCUT2D eigenvalue weighted by molar-refractivity contribution is 5.99. The van der Waals surface area contributed by atoms with E-state index in [1.165, 1.54) is 23.1 Å². The maximum Gasteiger partial charge on any atom is 0.256 e. The number of nitrogens with two attached hydrogens (primary N) is 1. The number of phenolic OH excluding ortho intramolecular Hbond substituents is 1. The van der Waals surface area contributed by atoms with Gasteiger partial charge in [0.2, 0.25) is 0 Å². The van der Waals surface area contributed by atoms with Crippen molar-refractivity contribution in [3.05, 3.63) is 23.8 Å². The average Bonchev–Trinajstić information content (AvgIpc) is 2.62. The number of carbonyl (C=O) groups excluding carboxylic acids is 1. The Morgan fingerprint density at radius 2 is 1.88 bits per heavy atom. The number of benzene rings is 1. The van der Waals surface area contributed by atoms with Gasteiger partial charge >= 0.3 is 0 Å². The molecule has 1 aliphatic rings. The number of nitrogens with zero attached hydrogens (tertiary/aromatic N) is 1. The zero-order chi connectivity index (χ0) is 12.6. The second kappa shape index (κ2) is 4.23. The average molecular weight is 238 g/mol. The SMILES string of the molecule is Nc1ccc(O)cc1C(=O)N1C[C@@H](O)[C@@H](O)C1. The lowest BCUT2D eigenvalue weighted by atomic mass is 10.1. The Labute approximate surface area is 97.9 Å². The minimum Gasteiger partial charge on any atom is -0.508 e. The molecule has 1 aromatic carbocycles. The summed E-state index contributed by atoms with van der Waals surface area (Å²) in [6.45, 7) is 0.129. The number of hydrogen-bond acceptors (Lipinski definition) is 5. The highest BCUT2D eigenvalue weighted by Gasteiger charge is 2.33. The smallest absolute Gasteiger partial charge is 0.256 e. The van der Waals surface area contributed by atoms with Crippen molar-refractivity contribution >= 4 is 11.6 Å². The molecule has 6 nitrogen and oxygen atoms in total. The van der Waals surface area contributed by atoms with Crippen LogP contribution in [0.2, 0.25) is 0 Å². The van der Waals surface area contributed by atoms with E-state index in [4.69, 9.17) is 5.73 Å². The molecule has 0 saturated carbocycles. The number of likely N-dealkylation sites (tertiary alicyclic amines) is 1. The first-order chi connectivity index (χ1) is 7.99. The van der Waals surface area contributed by atoms with Gasteiger partial charge in [0, 0.05) is 18.8 Å². The fourth-order valence-electron chi connectivity index (χ4n) is 1.84. The summed E-state index contributed by atoms with van der Waals surface area (Å²) in [5, 5.41) is 28.0. The summed E-state index contributed by atoms with van der Waals surface area (Å²) in [4.78, 5) is 13.3. The Hall–Kier alpha value is -1.79. The number of aliphatic hydroxyl groups excluding tert-OH is 2. The van der Waals surface area contributed by atoms with Crippen molar-refractivity contribution in [2.45, 2.75) is 12.2 Å². The second-order valence-corrected chi connectivity index (χ2v) is 4.12. The number of anilines is 1. The third-order valence-corrected chi connectivity index (χ3v) is 2.81. The van der Waals surface area contributed by atoms with Crippen molar-refractivity contribution in [2.75, 3.05) is 18.8 Å². The number of β-amino-alcohol motifs (C(OH)–C–C–N with tert-alkyl or cyclic N) is 2. The molecule has 17 heavy (non-hydrogen) atoms. The van der Waals surface area contributed by atoms with E-state index >= 15 is 0 Å². The van der Waals surface area contributed by atoms with E-state index in [2.05, 4.69) is 0 Å². The Morgan fingerprint density at radius 1 is 1.29 bits per heavy atom. The quantitative estimate of drug-likeness (QED) is 0.376. The summed E-state index contributed by atoms with van der Waals surface area (Å²) in [6, 6.07) is 4.10. The number of carbonyl (C=O) groups is 1. The van der Waals surface area contributed by atoms with E-state index in [1.807, 2.05) is 0 Å². The Morgan fingerprint density at radius 3 is 2.47 bits per heavy atom. The molecule has 0 aromatic heterocycles. The van der Waals surface area contributed by atoms with Crippen LogP contribution in [-0.2, 0) is 0 Å². The van der Waals surface area contributed by atoms with E-state index in [0.717, 1.165) is 0 Å². The largest absolute Gasteiger partial charge is 0.508 e. The molecule has 1 amide bonds. The number of aliphatic hydroxyl groups is 2. The van der Waals surface area contributed by atoms with Crippen molar-refractivity contribution in [1.29, 1.82) is 0 Å². The van der Waals surface area contributed by atoms with Gasteiger partial charge < -0.3 is 26.0 Å². The standard InChI is InChI=1S/C11H14N2O4/c12-8-2-1-6(14)3-7(8)11(17)13-4-9(15)10(16)5-13/h1-3,9-10,14-16H,4-5,12H2/t9-,10+. The summed E-state index contributed by atoms with van der Waals surface area (Å²) in [7, 11) is 0. The first kappa shape index (κ1) is 11.7. The van der Waals surface area contributed by atoms with Crippen LogP contribution in [-0.4, -0.2) is 51.4 Å². The van der Waals surface area contributed by atoms with E-state index in [9.17, 15) is 20.1 Å². The van der Waals surface area contributed by atoms with Crippen LogP contribution in [0.4, 0.5) is 5.69 Å². The number of rotatable bonds is 1. The summed E-state index contributed by atoms with van der Waals surface area (Å²) < 4.78 is 0. The molecule has 0 bridgehead atoms. The van der Waals surface area contributed by atoms with Crippen LogP contribution in [0.5, 0.6) is 5.75 Å². The van der Waals surface area contributed by atoms with Gasteiger partial charge in [-0.05, 0) is 18.2 Å². The van der Waals surface area contributed by atoms with Crippen molar-refractivity contribution in [3.8, 4) is 5.75 Å². The van der Waals surface area contributed by atoms with Gasteiger partial charge in [-0.25, -0.2) is 0 Å². The van der Waals surface area contributed by atoms with Crippen LogP contribution in [0.15, 0.2) is 18.2 Å². The number of nitrogen functional groups attached to an aromatic ring is 1. The fourth-order valence-corrected chi connectivity index (χ4v) is 1.84. The summed E-state index contributed by atoms with van der Waals surface area (Å²) >= 11 is 0. The third kappa shape index (κ3) is 2.17. The molecule has 0 aliphatic carbocycles. The van der Waals surface area contributed by atoms with Crippen molar-refractivity contribution in [2.24, 2.45) is 0 Å². The minimum absolute atomic E-state index is 0.0529. The van der Waals surface area contributed by atoms with Gasteiger partial charge in [0.25, 0.3) is 5.91 Å². The van der Waals surface area contributed by atoms with Gasteiger partial charge in [-0.1, -0.05) is 0 Å². The van der Waals surface area contributed by atoms with E-state index < -0.39 is 18.1 Å². The predicted molar refractivity (Wildman–Crippen MR) is 60.4 cm³/mol. The summed E-state index contributed by atoms with van der Waals surface area (Å²) in [5.41, 5.74) is 6.07. The number of amides is 1. The fraction of sp³-hybridized carbons (Fsp3) is 0.364. The van der Waals surface area contributed by atoms with Crippen molar-refractivity contribution in [1.82, 2.24) is 4.90 Å². The van der Waals surface area contributed by atoms with Crippen LogP contribution < -0.4 is 5.73 Å². The lowest BCUT2D eigenvalue weighted by Gasteiger charge is -2.16. The van der Waals surface area contributed by atoms with Crippen molar-refractivity contribution in [3.63, 3.8) is 0 Å². The van der Waals surface area contributed by atoms with Gasteiger partial charge in [0.05, 0.1) is 17.8 Å². The van der Waals surface area contributed by atoms with Crippen LogP contribution in [0, 0.1) is 0 Å². The highest BCUT2D eigenvalue weighted by atomic mass is 16.3. The first-order valence-electron chi connectivity index (χ1n) is 5.23. The Balaban J connectivity index is 2.23. The van der Waals surface area contributed by atoms with Gasteiger partial charge in [-0.15, -0.1) is 0 Å². The van der Waals surface area contributed by atoms with Gasteiger partial charge in [-0.2, -0.15) is 0 Å². The normalized spacial score (nSPS) is 24.0. The molecule has 1 fully saturated rings. The summed E-state index contributed by atoms with van der Waals surface area (Å²) in [5.74, 6) is -0.461. The first-order valence-corrected chi connectivity index (χ1v) is 5.23. The topological polar surface area (TPSA) is 107 Å². The number of aromatic hydroxyl groups is 1. The summed E-state index contributed by atoms with van der Waals surface area (Å²) in [6.07, 6.45) is -1.87. The highest BCUT2D eigenvalue weighted by Crippen LogP contribution is 2.22. The lowest BCUT2D eigenvalue weighted by Crippen LogP contribution is -2.30. The molecule has 0 unspecified atom stereocenters. The minimum atomic E-state index is -0.933. The molecule has 5 N–H and O–H groups in total. The number of hydrogen-bond donors (Lipinski definition) is 4. The molecule has 0 spiro atoms. The van der Waals surface area contributed by atoms with Crippen LogP contribution in [0.1, 0.15) is 10.4 Å². The molecule has 6 heteroatoms. The monoisotopic (exact) mass is 238 g/mol. The maximum absolute atomic E-state index is 12.0. The lowest BCUT2D eigenvalue weighted by molar-refractivity contribution is 0.0572. The molecule has 2 rings (SSSR count). The molecule has 2 atom stereocenters. The molecule has 0 radical (unpaired) electrons. The van der Waals surface area contributed by atoms with E-state index in [-0.39, 0.29) is 30.1 Å². The predicted octanol–water partition coefficient (Wildman–Crippen LogP) is -0.848. The Kier molecular flexibility index (Phi) is 2.91. The maximum atomic E-state index is 12.0. The van der Waals surface area contributed by atoms with E-state index in [0.29, 0.717) is 0 Å². The van der Waals surface area contributed by atoms with E-state index in [1.54, 1.807) is 0 Å². The molecule has 1 aliphatic heterocycles. The zero-order valence-electron chi connectivity index (χ0n) is 9.08. The molecular formula is C11H14N2O4. The van der Waals surface area contributed by atoms with Crippen LogP contribution in [0.3, 0.4) is 0 Å². The molecular weight excluding hydrogens is 224 g/mol. The van der Waals surface area contributed by atoms with Gasteiger partial charge in [0.15, 0.2) is 0 Å². The molecule has 1 saturated heterocycles.